The summed E-state index contributed by atoms with van der Waals surface area (Å²) in [5.74, 6) is 0.183. The van der Waals surface area contributed by atoms with E-state index >= 15 is 0 Å². The lowest BCUT2D eigenvalue weighted by molar-refractivity contribution is 0.0628. The van der Waals surface area contributed by atoms with Crippen LogP contribution in [0.3, 0.4) is 0 Å². The van der Waals surface area contributed by atoms with Crippen LogP contribution < -0.4 is 16.0 Å². The molecule has 0 radical (unpaired) electrons. The number of anilines is 2. The van der Waals surface area contributed by atoms with Gasteiger partial charge in [-0.1, -0.05) is 17.3 Å². The normalized spacial score (nSPS) is 14.2. The first-order valence-electron chi connectivity index (χ1n) is 12.2. The van der Waals surface area contributed by atoms with Crippen LogP contribution in [0.25, 0.3) is 0 Å². The molecule has 2 heterocycles. The Labute approximate surface area is 216 Å². The smallest absolute Gasteiger partial charge is 0.324 e. The molecule has 1 saturated heterocycles. The minimum atomic E-state index is -0.454. The lowest BCUT2D eigenvalue weighted by Gasteiger charge is -2.35. The van der Waals surface area contributed by atoms with Gasteiger partial charge in [-0.15, -0.1) is 0 Å². The molecule has 0 bridgehead atoms. The summed E-state index contributed by atoms with van der Waals surface area (Å²) in [5, 5.41) is 11.8. The highest BCUT2D eigenvalue weighted by Crippen LogP contribution is 2.16. The zero-order valence-electron chi connectivity index (χ0n) is 21.3. The van der Waals surface area contributed by atoms with Crippen molar-refractivity contribution >= 4 is 29.4 Å². The van der Waals surface area contributed by atoms with Crippen molar-refractivity contribution in [3.05, 3.63) is 77.6 Å². The van der Waals surface area contributed by atoms with Crippen molar-refractivity contribution in [3.8, 4) is 0 Å². The molecule has 0 unspecified atom stereocenters. The molecule has 10 nitrogen and oxygen atoms in total. The third kappa shape index (κ3) is 7.40. The number of carbonyl (C=O) groups is 3. The van der Waals surface area contributed by atoms with E-state index in [2.05, 4.69) is 30.5 Å². The largest absolute Gasteiger partial charge is 0.363 e. The molecule has 0 saturated carbocycles. The van der Waals surface area contributed by atoms with Gasteiger partial charge in [0.05, 0.1) is 0 Å². The number of nitrogens with one attached hydrogen (secondary N) is 3. The first-order chi connectivity index (χ1) is 17.7. The average Bonchev–Trinajstić information content (AvgIpc) is 3.36. The van der Waals surface area contributed by atoms with Crippen molar-refractivity contribution in [3.63, 3.8) is 0 Å². The molecule has 1 aromatic heterocycles. The van der Waals surface area contributed by atoms with E-state index in [9.17, 15) is 14.4 Å². The van der Waals surface area contributed by atoms with E-state index in [0.717, 1.165) is 25.2 Å². The number of aromatic nitrogens is 1. The van der Waals surface area contributed by atoms with Gasteiger partial charge in [0.1, 0.15) is 6.26 Å². The van der Waals surface area contributed by atoms with Gasteiger partial charge in [-0.05, 0) is 62.7 Å². The zero-order chi connectivity index (χ0) is 26.4. The molecule has 0 spiro atoms. The van der Waals surface area contributed by atoms with Crippen molar-refractivity contribution in [1.29, 1.82) is 0 Å². The Morgan fingerprint density at radius 1 is 0.919 bits per heavy atom. The summed E-state index contributed by atoms with van der Waals surface area (Å²) in [6, 6.07) is 15.5. The second kappa shape index (κ2) is 11.3. The molecule has 1 aliphatic rings. The van der Waals surface area contributed by atoms with Crippen LogP contribution in [0.2, 0.25) is 0 Å². The molecule has 1 fully saturated rings. The van der Waals surface area contributed by atoms with Crippen LogP contribution in [-0.2, 0) is 6.54 Å². The number of carbonyl (C=O) groups excluding carboxylic acids is 3. The fourth-order valence-corrected chi connectivity index (χ4v) is 4.03. The lowest BCUT2D eigenvalue weighted by Crippen LogP contribution is -2.48. The fraction of sp³-hybridized carbons (Fsp3) is 0.333. The summed E-state index contributed by atoms with van der Waals surface area (Å²) in [5.41, 5.74) is 2.54. The molecule has 2 aromatic carbocycles. The van der Waals surface area contributed by atoms with Gasteiger partial charge >= 0.3 is 6.03 Å². The second-order valence-electron chi connectivity index (χ2n) is 10.0. The molecular formula is C27H32N6O4. The molecule has 1 aliphatic heterocycles. The Balaban J connectivity index is 1.26. The molecule has 3 N–H and O–H groups in total. The van der Waals surface area contributed by atoms with Crippen LogP contribution in [0.1, 0.15) is 47.1 Å². The van der Waals surface area contributed by atoms with Gasteiger partial charge in [-0.2, -0.15) is 0 Å². The third-order valence-corrected chi connectivity index (χ3v) is 5.81. The van der Waals surface area contributed by atoms with Crippen LogP contribution in [0.5, 0.6) is 0 Å². The minimum Gasteiger partial charge on any atom is -0.363 e. The summed E-state index contributed by atoms with van der Waals surface area (Å²) in [6.45, 7) is 9.31. The summed E-state index contributed by atoms with van der Waals surface area (Å²) in [7, 11) is 0. The predicted molar refractivity (Wildman–Crippen MR) is 140 cm³/mol. The Hall–Kier alpha value is -4.18. The molecule has 0 atom stereocenters. The first-order valence-corrected chi connectivity index (χ1v) is 12.2. The fourth-order valence-electron chi connectivity index (χ4n) is 4.03. The second-order valence-corrected chi connectivity index (χ2v) is 10.0. The summed E-state index contributed by atoms with van der Waals surface area (Å²) in [4.78, 5) is 41.6. The van der Waals surface area contributed by atoms with Gasteiger partial charge in [-0.25, -0.2) is 4.79 Å². The number of rotatable bonds is 6. The number of urea groups is 1. The summed E-state index contributed by atoms with van der Waals surface area (Å²) < 4.78 is 4.68. The SMILES string of the molecule is CC(C)(C)NC(=O)c1cccc(CN2CCN(C(=O)c3ccc(NC(=O)Nc4ccon4)cc3)CC2)c1. The molecule has 0 aliphatic carbocycles. The Bertz CT molecular complexity index is 1230. The van der Waals surface area contributed by atoms with E-state index in [0.29, 0.717) is 35.7 Å². The third-order valence-electron chi connectivity index (χ3n) is 5.81. The van der Waals surface area contributed by atoms with Crippen LogP contribution in [0, 0.1) is 0 Å². The van der Waals surface area contributed by atoms with Crippen molar-refractivity contribution in [1.82, 2.24) is 20.3 Å². The maximum atomic E-state index is 13.0. The summed E-state index contributed by atoms with van der Waals surface area (Å²) in [6.07, 6.45) is 1.36. The Kier molecular flexibility index (Phi) is 7.88. The van der Waals surface area contributed by atoms with Gasteiger partial charge in [0, 0.05) is 61.1 Å². The quantitative estimate of drug-likeness (QED) is 0.470. The Morgan fingerprint density at radius 3 is 2.30 bits per heavy atom. The molecule has 194 valence electrons. The topological polar surface area (TPSA) is 120 Å². The van der Waals surface area contributed by atoms with Crippen LogP contribution in [-0.4, -0.2) is 64.5 Å². The highest BCUT2D eigenvalue weighted by Gasteiger charge is 2.23. The van der Waals surface area contributed by atoms with Crippen LogP contribution in [0.15, 0.2) is 65.4 Å². The van der Waals surface area contributed by atoms with Crippen molar-refractivity contribution in [2.24, 2.45) is 0 Å². The van der Waals surface area contributed by atoms with Gasteiger partial charge < -0.3 is 20.1 Å². The van der Waals surface area contributed by atoms with E-state index in [1.165, 1.54) is 12.3 Å². The average molecular weight is 505 g/mol. The molecule has 4 rings (SSSR count). The van der Waals surface area contributed by atoms with Crippen molar-refractivity contribution in [2.75, 3.05) is 36.8 Å². The molecule has 37 heavy (non-hydrogen) atoms. The standard InChI is InChI=1S/C27H32N6O4/c1-27(2,3)30-24(34)21-6-4-5-19(17-21)18-32-12-14-33(15-13-32)25(35)20-7-9-22(10-8-20)28-26(36)29-23-11-16-37-31-23/h4-11,16-17H,12-15,18H2,1-3H3,(H,30,34)(H2,28,29,31,36). The van der Waals surface area contributed by atoms with E-state index in [4.69, 9.17) is 0 Å². The summed E-state index contributed by atoms with van der Waals surface area (Å²) >= 11 is 0. The predicted octanol–water partition coefficient (Wildman–Crippen LogP) is 3.80. The van der Waals surface area contributed by atoms with Crippen LogP contribution in [0.4, 0.5) is 16.3 Å². The van der Waals surface area contributed by atoms with E-state index in [1.54, 1.807) is 24.3 Å². The number of benzene rings is 2. The van der Waals surface area contributed by atoms with E-state index < -0.39 is 6.03 Å². The molecule has 10 heteroatoms. The minimum absolute atomic E-state index is 0.0425. The molecule has 3 aromatic rings. The van der Waals surface area contributed by atoms with Crippen molar-refractivity contribution in [2.45, 2.75) is 32.9 Å². The Morgan fingerprint density at radius 2 is 1.65 bits per heavy atom. The maximum Gasteiger partial charge on any atom is 0.324 e. The van der Waals surface area contributed by atoms with Gasteiger partial charge in [0.15, 0.2) is 5.82 Å². The monoisotopic (exact) mass is 504 g/mol. The number of piperazine rings is 1. The lowest BCUT2D eigenvalue weighted by atomic mass is 10.1. The number of amides is 4. The highest BCUT2D eigenvalue weighted by molar-refractivity contribution is 6.00. The molecule has 4 amide bonds. The van der Waals surface area contributed by atoms with Crippen molar-refractivity contribution < 1.29 is 18.9 Å². The molecular weight excluding hydrogens is 472 g/mol. The number of hydrogen-bond donors (Lipinski definition) is 3. The van der Waals surface area contributed by atoms with E-state index in [-0.39, 0.29) is 17.4 Å². The highest BCUT2D eigenvalue weighted by atomic mass is 16.5. The van der Waals surface area contributed by atoms with Gasteiger partial charge in [0.2, 0.25) is 0 Å². The zero-order valence-corrected chi connectivity index (χ0v) is 21.3. The first kappa shape index (κ1) is 25.9. The van der Waals surface area contributed by atoms with Gasteiger partial charge in [-0.3, -0.25) is 19.8 Å². The number of nitrogens with zero attached hydrogens (tertiary/aromatic N) is 3. The number of hydrogen-bond acceptors (Lipinski definition) is 6. The maximum absolute atomic E-state index is 13.0. The van der Waals surface area contributed by atoms with Crippen LogP contribution >= 0.6 is 0 Å². The van der Waals surface area contributed by atoms with E-state index in [1.807, 2.05) is 49.9 Å². The van der Waals surface area contributed by atoms with Gasteiger partial charge in [0.25, 0.3) is 11.8 Å².